The zero-order valence-corrected chi connectivity index (χ0v) is 17.3. The summed E-state index contributed by atoms with van der Waals surface area (Å²) >= 11 is 0. The first-order chi connectivity index (χ1) is 14.9. The van der Waals surface area contributed by atoms with Crippen LogP contribution in [0.3, 0.4) is 0 Å². The minimum atomic E-state index is -0.782. The molecule has 31 heavy (non-hydrogen) atoms. The van der Waals surface area contributed by atoms with Gasteiger partial charge in [-0.1, -0.05) is 12.8 Å². The van der Waals surface area contributed by atoms with Gasteiger partial charge in [0.25, 0.3) is 0 Å². The molecule has 0 spiro atoms. The van der Waals surface area contributed by atoms with E-state index in [1.54, 1.807) is 11.0 Å². The Kier molecular flexibility index (Phi) is 5.99. The fraction of sp³-hybridized carbons (Fsp3) is 0.550. The summed E-state index contributed by atoms with van der Waals surface area (Å²) in [6, 6.07) is 2.25. The SMILES string of the molecule is CC(=O)OCC1[CH]C(OC(C)=O)C(n2cnc3c(NC4CCCC4)nc(C#N)nc32)O1. The number of nitriles is 1. The van der Waals surface area contributed by atoms with Gasteiger partial charge in [0.2, 0.25) is 5.82 Å². The van der Waals surface area contributed by atoms with Crippen molar-refractivity contribution in [3.8, 4) is 6.07 Å². The van der Waals surface area contributed by atoms with Crippen molar-refractivity contribution in [1.82, 2.24) is 19.5 Å². The van der Waals surface area contributed by atoms with Crippen LogP contribution in [0.4, 0.5) is 5.82 Å². The second-order valence-electron chi connectivity index (χ2n) is 7.59. The fourth-order valence-corrected chi connectivity index (χ4v) is 3.93. The molecule has 2 aromatic heterocycles. The van der Waals surface area contributed by atoms with Crippen LogP contribution < -0.4 is 5.32 Å². The molecule has 0 amide bonds. The van der Waals surface area contributed by atoms with Crippen LogP contribution >= 0.6 is 0 Å². The van der Waals surface area contributed by atoms with E-state index < -0.39 is 30.4 Å². The summed E-state index contributed by atoms with van der Waals surface area (Å²) in [5.41, 5.74) is 0.884. The van der Waals surface area contributed by atoms with Crippen LogP contribution in [0, 0.1) is 17.8 Å². The zero-order valence-electron chi connectivity index (χ0n) is 17.3. The number of nitrogens with zero attached hydrogens (tertiary/aromatic N) is 5. The molecule has 0 bridgehead atoms. The Bertz CT molecular complexity index is 1020. The standard InChI is InChI=1S/C20H23N6O5/c1-11(27)29-9-14-7-15(30-12(2)28)20(31-14)26-10-22-17-18(23-13-5-3-4-6-13)24-16(8-21)25-19(17)26/h7,10,13-15,20H,3-6,9H2,1-2H3,(H,23,24,25). The number of rotatable bonds is 6. The zero-order chi connectivity index (χ0) is 22.0. The number of hydrogen-bond donors (Lipinski definition) is 1. The van der Waals surface area contributed by atoms with Gasteiger partial charge in [-0.2, -0.15) is 15.2 Å². The van der Waals surface area contributed by atoms with Crippen molar-refractivity contribution < 1.29 is 23.8 Å². The molecule has 2 aromatic rings. The minimum absolute atomic E-state index is 0.00257. The van der Waals surface area contributed by atoms with Crippen LogP contribution in [0.25, 0.3) is 11.2 Å². The average molecular weight is 427 g/mol. The van der Waals surface area contributed by atoms with E-state index >= 15 is 0 Å². The third-order valence-electron chi connectivity index (χ3n) is 5.24. The number of carbonyl (C=O) groups excluding carboxylic acids is 2. The van der Waals surface area contributed by atoms with E-state index in [4.69, 9.17) is 14.2 Å². The summed E-state index contributed by atoms with van der Waals surface area (Å²) in [6.45, 7) is 2.59. The summed E-state index contributed by atoms with van der Waals surface area (Å²) in [5.74, 6) is -0.429. The van der Waals surface area contributed by atoms with Gasteiger partial charge in [-0.05, 0) is 12.8 Å². The quantitative estimate of drug-likeness (QED) is 0.676. The fourth-order valence-electron chi connectivity index (χ4n) is 3.93. The molecule has 1 radical (unpaired) electrons. The number of fused-ring (bicyclic) bond motifs is 1. The third kappa shape index (κ3) is 4.59. The van der Waals surface area contributed by atoms with Gasteiger partial charge in [-0.25, -0.2) is 4.98 Å². The maximum absolute atomic E-state index is 11.6. The van der Waals surface area contributed by atoms with Crippen LogP contribution in [0.1, 0.15) is 51.6 Å². The molecule has 2 aliphatic rings. The van der Waals surface area contributed by atoms with Crippen LogP contribution in [0.2, 0.25) is 0 Å². The van der Waals surface area contributed by atoms with E-state index in [1.165, 1.54) is 20.2 Å². The number of ether oxygens (including phenoxy) is 3. The molecule has 3 heterocycles. The number of esters is 2. The normalized spacial score (nSPS) is 23.6. The summed E-state index contributed by atoms with van der Waals surface area (Å²) in [5, 5.41) is 12.8. The highest BCUT2D eigenvalue weighted by molar-refractivity contribution is 5.83. The summed E-state index contributed by atoms with van der Waals surface area (Å²) < 4.78 is 18.0. The number of imidazole rings is 1. The minimum Gasteiger partial charge on any atom is -0.463 e. The molecular formula is C20H23N6O5. The Morgan fingerprint density at radius 2 is 2.06 bits per heavy atom. The molecule has 11 nitrogen and oxygen atoms in total. The van der Waals surface area contributed by atoms with Crippen molar-refractivity contribution in [3.05, 3.63) is 18.6 Å². The topological polar surface area (TPSA) is 141 Å². The molecule has 1 saturated heterocycles. The van der Waals surface area contributed by atoms with E-state index in [1.807, 2.05) is 6.07 Å². The van der Waals surface area contributed by atoms with Gasteiger partial charge in [0, 0.05) is 26.3 Å². The number of carbonyl (C=O) groups is 2. The summed E-state index contributed by atoms with van der Waals surface area (Å²) in [4.78, 5) is 35.8. The number of anilines is 1. The summed E-state index contributed by atoms with van der Waals surface area (Å²) in [6.07, 6.45) is 5.41. The monoisotopic (exact) mass is 427 g/mol. The van der Waals surface area contributed by atoms with Gasteiger partial charge < -0.3 is 19.5 Å². The molecule has 4 rings (SSSR count). The molecular weight excluding hydrogens is 404 g/mol. The molecule has 11 heteroatoms. The Labute approximate surface area is 178 Å². The second kappa shape index (κ2) is 8.85. The van der Waals surface area contributed by atoms with Crippen molar-refractivity contribution in [3.63, 3.8) is 0 Å². The van der Waals surface area contributed by atoms with Crippen LogP contribution in [-0.4, -0.2) is 56.3 Å². The Balaban J connectivity index is 1.67. The molecule has 1 aliphatic carbocycles. The molecule has 0 aromatic carbocycles. The number of hydrogen-bond acceptors (Lipinski definition) is 10. The largest absolute Gasteiger partial charge is 0.463 e. The molecule has 163 valence electrons. The predicted molar refractivity (Wildman–Crippen MR) is 106 cm³/mol. The first-order valence-corrected chi connectivity index (χ1v) is 10.2. The molecule has 3 atom stereocenters. The molecule has 3 unspecified atom stereocenters. The van der Waals surface area contributed by atoms with Gasteiger partial charge in [0.15, 0.2) is 29.3 Å². The third-order valence-corrected chi connectivity index (χ3v) is 5.24. The lowest BCUT2D eigenvalue weighted by molar-refractivity contribution is -0.152. The lowest BCUT2D eigenvalue weighted by Gasteiger charge is -2.20. The maximum Gasteiger partial charge on any atom is 0.303 e. The highest BCUT2D eigenvalue weighted by Crippen LogP contribution is 2.34. The molecule has 1 aliphatic heterocycles. The Morgan fingerprint density at radius 1 is 1.29 bits per heavy atom. The van der Waals surface area contributed by atoms with Crippen LogP contribution in [0.15, 0.2) is 6.33 Å². The van der Waals surface area contributed by atoms with Crippen molar-refractivity contribution in [2.45, 2.75) is 64.0 Å². The number of aromatic nitrogens is 4. The second-order valence-corrected chi connectivity index (χ2v) is 7.59. The van der Waals surface area contributed by atoms with Crippen LogP contribution in [-0.2, 0) is 23.8 Å². The lowest BCUT2D eigenvalue weighted by atomic mass is 10.2. The molecule has 1 N–H and O–H groups in total. The number of nitrogens with one attached hydrogen (secondary N) is 1. The van der Waals surface area contributed by atoms with Gasteiger partial charge in [-0.15, -0.1) is 0 Å². The van der Waals surface area contributed by atoms with E-state index in [0.29, 0.717) is 17.0 Å². The predicted octanol–water partition coefficient (Wildman–Crippen LogP) is 1.65. The van der Waals surface area contributed by atoms with Crippen molar-refractivity contribution in [1.29, 1.82) is 5.26 Å². The Morgan fingerprint density at radius 3 is 2.74 bits per heavy atom. The Hall–Kier alpha value is -3.26. The van der Waals surface area contributed by atoms with Crippen molar-refractivity contribution in [2.24, 2.45) is 0 Å². The van der Waals surface area contributed by atoms with Crippen molar-refractivity contribution >= 4 is 28.9 Å². The van der Waals surface area contributed by atoms with Gasteiger partial charge in [-0.3, -0.25) is 14.2 Å². The highest BCUT2D eigenvalue weighted by Gasteiger charge is 2.40. The highest BCUT2D eigenvalue weighted by atomic mass is 16.6. The van der Waals surface area contributed by atoms with Gasteiger partial charge in [0.1, 0.15) is 18.8 Å². The first kappa shape index (κ1) is 21.0. The van der Waals surface area contributed by atoms with Gasteiger partial charge in [0.05, 0.1) is 6.33 Å². The van der Waals surface area contributed by atoms with E-state index in [2.05, 4.69) is 20.3 Å². The van der Waals surface area contributed by atoms with E-state index in [-0.39, 0.29) is 18.5 Å². The maximum atomic E-state index is 11.6. The van der Waals surface area contributed by atoms with E-state index in [0.717, 1.165) is 25.7 Å². The molecule has 1 saturated carbocycles. The lowest BCUT2D eigenvalue weighted by Crippen LogP contribution is -2.25. The van der Waals surface area contributed by atoms with Crippen molar-refractivity contribution in [2.75, 3.05) is 11.9 Å². The first-order valence-electron chi connectivity index (χ1n) is 10.2. The molecule has 2 fully saturated rings. The van der Waals surface area contributed by atoms with Crippen LogP contribution in [0.5, 0.6) is 0 Å². The van der Waals surface area contributed by atoms with E-state index in [9.17, 15) is 14.9 Å². The summed E-state index contributed by atoms with van der Waals surface area (Å²) in [7, 11) is 0. The smallest absolute Gasteiger partial charge is 0.303 e. The average Bonchev–Trinajstić information content (AvgIpc) is 3.45. The van der Waals surface area contributed by atoms with Gasteiger partial charge >= 0.3 is 11.9 Å².